The third kappa shape index (κ3) is 4.25. The van der Waals surface area contributed by atoms with Crippen molar-refractivity contribution in [3.8, 4) is 0 Å². The van der Waals surface area contributed by atoms with Crippen LogP contribution >= 0.6 is 23.4 Å². The number of amides is 1. The van der Waals surface area contributed by atoms with Gasteiger partial charge in [-0.25, -0.2) is 9.98 Å². The van der Waals surface area contributed by atoms with E-state index in [1.165, 1.54) is 11.8 Å². The first-order chi connectivity index (χ1) is 14.5. The molecule has 5 nitrogen and oxygen atoms in total. The molecule has 7 heteroatoms. The molecule has 2 aromatic carbocycles. The van der Waals surface area contributed by atoms with E-state index in [0.29, 0.717) is 20.9 Å². The Bertz CT molecular complexity index is 1130. The average Bonchev–Trinajstić information content (AvgIpc) is 3.05. The molecule has 1 aliphatic rings. The zero-order chi connectivity index (χ0) is 21.1. The molecule has 0 atom stereocenters. The summed E-state index contributed by atoms with van der Waals surface area (Å²) >= 11 is 7.51. The fourth-order valence-electron chi connectivity index (χ4n) is 2.94. The lowest BCUT2D eigenvalue weighted by molar-refractivity contribution is -0.113. The predicted molar refractivity (Wildman–Crippen MR) is 127 cm³/mol. The van der Waals surface area contributed by atoms with Crippen LogP contribution in [-0.4, -0.2) is 30.2 Å². The van der Waals surface area contributed by atoms with Crippen LogP contribution in [0.1, 0.15) is 5.56 Å². The number of nitrogens with zero attached hydrogens (tertiary/aromatic N) is 4. The highest BCUT2D eigenvalue weighted by molar-refractivity contribution is 8.19. The van der Waals surface area contributed by atoms with Crippen LogP contribution in [0.5, 0.6) is 0 Å². The normalized spacial score (nSPS) is 16.5. The topological polar surface area (TPSA) is 48.8 Å². The minimum Gasteiger partial charge on any atom is -0.378 e. The number of carbonyl (C=O) groups excluding carboxylic acids is 1. The molecule has 1 saturated heterocycles. The lowest BCUT2D eigenvalue weighted by Crippen LogP contribution is -2.28. The molecule has 3 aromatic rings. The Kier molecular flexibility index (Phi) is 5.88. The number of rotatable bonds is 4. The fraction of sp³-hybridized carbons (Fsp3) is 0.0870. The standard InChI is InChI=1S/C23H19ClN4OS/c1-27(2)17-12-10-16(11-13-17)15-20-22(29)28(18-7-4-3-5-8-18)23(30-20)26-19-9-6-14-25-21(19)24/h3-15H,1-2H3/b20-15-,26-23?. The molecular weight excluding hydrogens is 416 g/mol. The average molecular weight is 435 g/mol. The van der Waals surface area contributed by atoms with Crippen molar-refractivity contribution >= 4 is 57.6 Å². The Morgan fingerprint density at radius 3 is 2.43 bits per heavy atom. The van der Waals surface area contributed by atoms with Crippen molar-refractivity contribution in [2.75, 3.05) is 23.9 Å². The molecule has 150 valence electrons. The van der Waals surface area contributed by atoms with Gasteiger partial charge >= 0.3 is 0 Å². The van der Waals surface area contributed by atoms with Gasteiger partial charge in [0, 0.05) is 26.0 Å². The van der Waals surface area contributed by atoms with Gasteiger partial charge in [-0.1, -0.05) is 41.9 Å². The van der Waals surface area contributed by atoms with Crippen molar-refractivity contribution in [2.24, 2.45) is 4.99 Å². The molecule has 0 radical (unpaired) electrons. The maximum atomic E-state index is 13.3. The lowest BCUT2D eigenvalue weighted by Gasteiger charge is -2.15. The van der Waals surface area contributed by atoms with Crippen molar-refractivity contribution < 1.29 is 4.79 Å². The molecule has 2 heterocycles. The van der Waals surface area contributed by atoms with E-state index in [9.17, 15) is 4.79 Å². The Labute approximate surface area is 184 Å². The van der Waals surface area contributed by atoms with E-state index < -0.39 is 0 Å². The van der Waals surface area contributed by atoms with Crippen LogP contribution in [0, 0.1) is 0 Å². The Morgan fingerprint density at radius 2 is 1.77 bits per heavy atom. The molecule has 0 aliphatic carbocycles. The summed E-state index contributed by atoms with van der Waals surface area (Å²) in [7, 11) is 3.99. The molecule has 0 saturated carbocycles. The zero-order valence-electron chi connectivity index (χ0n) is 16.5. The first kappa shape index (κ1) is 20.2. The van der Waals surface area contributed by atoms with E-state index in [0.717, 1.165) is 16.9 Å². The Hall–Kier alpha value is -3.09. The van der Waals surface area contributed by atoms with E-state index in [-0.39, 0.29) is 5.91 Å². The highest BCUT2D eigenvalue weighted by Crippen LogP contribution is 2.38. The highest BCUT2D eigenvalue weighted by atomic mass is 35.5. The highest BCUT2D eigenvalue weighted by Gasteiger charge is 2.34. The summed E-state index contributed by atoms with van der Waals surface area (Å²) < 4.78 is 0. The van der Waals surface area contributed by atoms with Crippen LogP contribution in [0.25, 0.3) is 6.08 Å². The summed E-state index contributed by atoms with van der Waals surface area (Å²) in [6.45, 7) is 0. The van der Waals surface area contributed by atoms with Crippen LogP contribution in [-0.2, 0) is 4.79 Å². The number of benzene rings is 2. The molecule has 0 spiro atoms. The van der Waals surface area contributed by atoms with Gasteiger partial charge in [-0.2, -0.15) is 0 Å². The van der Waals surface area contributed by atoms with Crippen LogP contribution in [0.3, 0.4) is 0 Å². The zero-order valence-corrected chi connectivity index (χ0v) is 18.1. The number of aromatic nitrogens is 1. The summed E-state index contributed by atoms with van der Waals surface area (Å²) in [4.78, 5) is 26.2. The third-order valence-electron chi connectivity index (χ3n) is 4.48. The second-order valence-corrected chi connectivity index (χ2v) is 8.15. The number of halogens is 1. The van der Waals surface area contributed by atoms with Gasteiger partial charge in [0.15, 0.2) is 10.3 Å². The van der Waals surface area contributed by atoms with Gasteiger partial charge in [-0.15, -0.1) is 0 Å². The quantitative estimate of drug-likeness (QED) is 0.395. The van der Waals surface area contributed by atoms with E-state index in [4.69, 9.17) is 11.6 Å². The van der Waals surface area contributed by atoms with Crippen molar-refractivity contribution in [1.82, 2.24) is 4.98 Å². The first-order valence-electron chi connectivity index (χ1n) is 9.28. The maximum absolute atomic E-state index is 13.3. The SMILES string of the molecule is CN(C)c1ccc(/C=C2\SC(=Nc3cccnc3Cl)N(c3ccccc3)C2=O)cc1. The fourth-order valence-corrected chi connectivity index (χ4v) is 4.09. The minimum absolute atomic E-state index is 0.123. The van der Waals surface area contributed by atoms with Gasteiger partial charge in [0.05, 0.1) is 10.6 Å². The molecule has 1 amide bonds. The molecule has 1 fully saturated rings. The van der Waals surface area contributed by atoms with Gasteiger partial charge in [-0.05, 0) is 59.8 Å². The van der Waals surface area contributed by atoms with Crippen LogP contribution in [0.2, 0.25) is 5.15 Å². The monoisotopic (exact) mass is 434 g/mol. The van der Waals surface area contributed by atoms with E-state index in [1.807, 2.05) is 79.7 Å². The smallest absolute Gasteiger partial charge is 0.271 e. The second-order valence-electron chi connectivity index (χ2n) is 6.78. The predicted octanol–water partition coefficient (Wildman–Crippen LogP) is 5.61. The summed E-state index contributed by atoms with van der Waals surface area (Å²) in [6.07, 6.45) is 3.49. The number of anilines is 2. The first-order valence-corrected chi connectivity index (χ1v) is 10.5. The Morgan fingerprint density at radius 1 is 1.03 bits per heavy atom. The van der Waals surface area contributed by atoms with Crippen LogP contribution in [0.15, 0.2) is 82.8 Å². The molecule has 1 aliphatic heterocycles. The molecule has 4 rings (SSSR count). The number of para-hydroxylation sites is 1. The maximum Gasteiger partial charge on any atom is 0.271 e. The van der Waals surface area contributed by atoms with Crippen molar-refractivity contribution in [1.29, 1.82) is 0 Å². The van der Waals surface area contributed by atoms with Gasteiger partial charge < -0.3 is 4.90 Å². The van der Waals surface area contributed by atoms with E-state index >= 15 is 0 Å². The number of aliphatic imine (C=N–C) groups is 1. The number of amidine groups is 1. The molecular formula is C23H19ClN4OS. The number of carbonyl (C=O) groups is 1. The largest absolute Gasteiger partial charge is 0.378 e. The Balaban J connectivity index is 1.74. The van der Waals surface area contributed by atoms with Crippen molar-refractivity contribution in [3.63, 3.8) is 0 Å². The van der Waals surface area contributed by atoms with Gasteiger partial charge in [0.2, 0.25) is 0 Å². The summed E-state index contributed by atoms with van der Waals surface area (Å²) in [5.41, 5.74) is 3.32. The molecule has 0 bridgehead atoms. The van der Waals surface area contributed by atoms with Crippen molar-refractivity contribution in [2.45, 2.75) is 0 Å². The third-order valence-corrected chi connectivity index (χ3v) is 5.74. The summed E-state index contributed by atoms with van der Waals surface area (Å²) in [5.74, 6) is -0.123. The molecule has 0 N–H and O–H groups in total. The minimum atomic E-state index is -0.123. The van der Waals surface area contributed by atoms with Gasteiger partial charge in [0.1, 0.15) is 5.69 Å². The number of thioether (sulfide) groups is 1. The number of hydrogen-bond acceptors (Lipinski definition) is 5. The van der Waals surface area contributed by atoms with Gasteiger partial charge in [0.25, 0.3) is 5.91 Å². The lowest BCUT2D eigenvalue weighted by atomic mass is 10.2. The second kappa shape index (κ2) is 8.73. The van der Waals surface area contributed by atoms with Crippen LogP contribution in [0.4, 0.5) is 17.1 Å². The van der Waals surface area contributed by atoms with Crippen molar-refractivity contribution in [3.05, 3.63) is 88.5 Å². The summed E-state index contributed by atoms with van der Waals surface area (Å²) in [6, 6.07) is 21.0. The van der Waals surface area contributed by atoms with E-state index in [2.05, 4.69) is 9.98 Å². The number of pyridine rings is 1. The number of hydrogen-bond donors (Lipinski definition) is 0. The molecule has 30 heavy (non-hydrogen) atoms. The van der Waals surface area contributed by atoms with E-state index in [1.54, 1.807) is 23.2 Å². The summed E-state index contributed by atoms with van der Waals surface area (Å²) in [5, 5.41) is 0.833. The molecule has 1 aromatic heterocycles. The van der Waals surface area contributed by atoms with Crippen LogP contribution < -0.4 is 9.80 Å². The molecule has 0 unspecified atom stereocenters. The van der Waals surface area contributed by atoms with Gasteiger partial charge in [-0.3, -0.25) is 9.69 Å².